The Balaban J connectivity index is 1.75. The molecule has 1 fully saturated rings. The van der Waals surface area contributed by atoms with Crippen molar-refractivity contribution in [3.63, 3.8) is 0 Å². The van der Waals surface area contributed by atoms with Crippen molar-refractivity contribution in [2.24, 2.45) is 0 Å². The maximum absolute atomic E-state index is 13.1. The van der Waals surface area contributed by atoms with Gasteiger partial charge >= 0.3 is 0 Å². The molecule has 6 heteroatoms. The molecule has 122 valence electrons. The highest BCUT2D eigenvalue weighted by Gasteiger charge is 2.18. The van der Waals surface area contributed by atoms with Crippen LogP contribution in [0.3, 0.4) is 0 Å². The predicted octanol–water partition coefficient (Wildman–Crippen LogP) is 2.59. The van der Waals surface area contributed by atoms with E-state index < -0.39 is 0 Å². The number of halogens is 1. The van der Waals surface area contributed by atoms with Crippen LogP contribution in [0.15, 0.2) is 24.3 Å². The van der Waals surface area contributed by atoms with Crippen molar-refractivity contribution in [1.29, 1.82) is 0 Å². The van der Waals surface area contributed by atoms with Gasteiger partial charge in [0.25, 0.3) is 0 Å². The first-order chi connectivity index (χ1) is 11.1. The summed E-state index contributed by atoms with van der Waals surface area (Å²) >= 11 is 0. The number of aromatic nitrogens is 3. The molecule has 23 heavy (non-hydrogen) atoms. The summed E-state index contributed by atoms with van der Waals surface area (Å²) in [6.45, 7) is 8.08. The number of nitrogens with zero attached hydrogens (tertiary/aromatic N) is 4. The molecule has 1 saturated heterocycles. The smallest absolute Gasteiger partial charge is 0.152 e. The Morgan fingerprint density at radius 1 is 1.22 bits per heavy atom. The molecule has 5 nitrogen and oxygen atoms in total. The minimum Gasteiger partial charge on any atom is -0.367 e. The highest BCUT2D eigenvalue weighted by Crippen LogP contribution is 2.26. The molecular formula is C17H22FN5. The Bertz CT molecular complexity index is 655. The third kappa shape index (κ3) is 3.82. The first-order valence-electron chi connectivity index (χ1n) is 8.06. The lowest BCUT2D eigenvalue weighted by Crippen LogP contribution is -2.40. The summed E-state index contributed by atoms with van der Waals surface area (Å²) in [4.78, 5) is 6.90. The average Bonchev–Trinajstić information content (AvgIpc) is 2.50. The predicted molar refractivity (Wildman–Crippen MR) is 88.0 cm³/mol. The third-order valence-electron chi connectivity index (χ3n) is 4.27. The fourth-order valence-corrected chi connectivity index (χ4v) is 2.68. The second-order valence-corrected chi connectivity index (χ2v) is 5.99. The van der Waals surface area contributed by atoms with E-state index >= 15 is 0 Å². The number of aryl methyl sites for hydroxylation is 1. The van der Waals surface area contributed by atoms with E-state index in [0.717, 1.165) is 30.2 Å². The number of likely N-dealkylation sites (tertiary alicyclic amines) is 1. The van der Waals surface area contributed by atoms with Gasteiger partial charge in [0, 0.05) is 19.0 Å². The van der Waals surface area contributed by atoms with Crippen LogP contribution in [0.2, 0.25) is 0 Å². The molecule has 0 aliphatic carbocycles. The fourth-order valence-electron chi connectivity index (χ4n) is 2.68. The highest BCUT2D eigenvalue weighted by atomic mass is 19.1. The summed E-state index contributed by atoms with van der Waals surface area (Å²) < 4.78 is 13.1. The summed E-state index contributed by atoms with van der Waals surface area (Å²) in [6.07, 6.45) is 1.29. The van der Waals surface area contributed by atoms with Crippen molar-refractivity contribution in [3.05, 3.63) is 47.2 Å². The van der Waals surface area contributed by atoms with E-state index in [0.29, 0.717) is 5.82 Å². The minimum atomic E-state index is -0.234. The van der Waals surface area contributed by atoms with E-state index in [2.05, 4.69) is 25.4 Å². The lowest BCUT2D eigenvalue weighted by molar-refractivity contribution is 0.189. The molecule has 2 heterocycles. The van der Waals surface area contributed by atoms with E-state index in [4.69, 9.17) is 0 Å². The second kappa shape index (κ2) is 7.00. The van der Waals surface area contributed by atoms with Crippen molar-refractivity contribution in [2.45, 2.75) is 26.2 Å². The number of rotatable bonds is 6. The number of nitrogens with one attached hydrogen (secondary N) is 1. The first-order valence-corrected chi connectivity index (χ1v) is 8.06. The van der Waals surface area contributed by atoms with Crippen LogP contribution in [0.25, 0.3) is 0 Å². The second-order valence-electron chi connectivity index (χ2n) is 5.99. The highest BCUT2D eigenvalue weighted by molar-refractivity contribution is 5.45. The van der Waals surface area contributed by atoms with E-state index in [1.807, 2.05) is 13.8 Å². The lowest BCUT2D eigenvalue weighted by Gasteiger charge is -2.30. The summed E-state index contributed by atoms with van der Waals surface area (Å²) in [6, 6.07) is 6.51. The molecule has 0 bridgehead atoms. The molecule has 0 unspecified atom stereocenters. The van der Waals surface area contributed by atoms with Crippen LogP contribution in [0.4, 0.5) is 10.2 Å². The van der Waals surface area contributed by atoms with Gasteiger partial charge in [-0.3, -0.25) is 0 Å². The molecule has 0 radical (unpaired) electrons. The summed E-state index contributed by atoms with van der Waals surface area (Å²) in [7, 11) is 0. The van der Waals surface area contributed by atoms with E-state index in [-0.39, 0.29) is 11.7 Å². The molecule has 0 saturated carbocycles. The largest absolute Gasteiger partial charge is 0.367 e. The van der Waals surface area contributed by atoms with Crippen LogP contribution >= 0.6 is 0 Å². The molecule has 1 aliphatic heterocycles. The van der Waals surface area contributed by atoms with Gasteiger partial charge in [0.1, 0.15) is 17.3 Å². The standard InChI is InChI=1S/C17H22FN5/c1-12(14-4-6-15(18)7-5-14)16-17(20-13(2)21-22-16)19-8-11-23-9-3-10-23/h4-7,12H,3,8-11H2,1-2H3,(H,19,20,21)/t12-/m0/s1. The zero-order valence-electron chi connectivity index (χ0n) is 13.6. The van der Waals surface area contributed by atoms with Crippen LogP contribution in [0, 0.1) is 12.7 Å². The zero-order chi connectivity index (χ0) is 16.2. The Morgan fingerprint density at radius 3 is 2.61 bits per heavy atom. The molecule has 3 rings (SSSR count). The van der Waals surface area contributed by atoms with Crippen molar-refractivity contribution >= 4 is 5.82 Å². The molecule has 1 atom stereocenters. The number of benzene rings is 1. The summed E-state index contributed by atoms with van der Waals surface area (Å²) in [5.41, 5.74) is 1.79. The summed E-state index contributed by atoms with van der Waals surface area (Å²) in [5, 5.41) is 11.8. The van der Waals surface area contributed by atoms with Gasteiger partial charge in [-0.05, 0) is 44.1 Å². The molecule has 0 amide bonds. The van der Waals surface area contributed by atoms with Gasteiger partial charge in [0.05, 0.1) is 0 Å². The first kappa shape index (κ1) is 15.8. The monoisotopic (exact) mass is 315 g/mol. The van der Waals surface area contributed by atoms with Crippen LogP contribution < -0.4 is 5.32 Å². The van der Waals surface area contributed by atoms with Crippen LogP contribution in [0.5, 0.6) is 0 Å². The minimum absolute atomic E-state index is 0.00251. The molecule has 1 N–H and O–H groups in total. The Morgan fingerprint density at radius 2 is 1.96 bits per heavy atom. The maximum atomic E-state index is 13.1. The quantitative estimate of drug-likeness (QED) is 0.888. The van der Waals surface area contributed by atoms with Crippen LogP contribution in [-0.4, -0.2) is 46.3 Å². The molecule has 1 aromatic heterocycles. The molecule has 1 aromatic carbocycles. The Kier molecular flexibility index (Phi) is 4.81. The van der Waals surface area contributed by atoms with E-state index in [1.165, 1.54) is 31.6 Å². The average molecular weight is 315 g/mol. The fraction of sp³-hybridized carbons (Fsp3) is 0.471. The van der Waals surface area contributed by atoms with Crippen molar-refractivity contribution in [3.8, 4) is 0 Å². The van der Waals surface area contributed by atoms with Gasteiger partial charge < -0.3 is 10.2 Å². The summed E-state index contributed by atoms with van der Waals surface area (Å²) in [5.74, 6) is 1.19. The molecule has 1 aliphatic rings. The van der Waals surface area contributed by atoms with Crippen LogP contribution in [-0.2, 0) is 0 Å². The zero-order valence-corrected chi connectivity index (χ0v) is 13.6. The molecular weight excluding hydrogens is 293 g/mol. The number of anilines is 1. The number of hydrogen-bond acceptors (Lipinski definition) is 5. The molecule has 2 aromatic rings. The van der Waals surface area contributed by atoms with Gasteiger partial charge in [0.15, 0.2) is 5.82 Å². The number of hydrogen-bond donors (Lipinski definition) is 1. The lowest BCUT2D eigenvalue weighted by atomic mass is 9.97. The van der Waals surface area contributed by atoms with Crippen molar-refractivity contribution in [2.75, 3.05) is 31.5 Å². The van der Waals surface area contributed by atoms with Crippen LogP contribution in [0.1, 0.15) is 36.3 Å². The van der Waals surface area contributed by atoms with Crippen molar-refractivity contribution in [1.82, 2.24) is 20.1 Å². The van der Waals surface area contributed by atoms with Gasteiger partial charge in [-0.2, -0.15) is 0 Å². The Hall–Kier alpha value is -2.08. The van der Waals surface area contributed by atoms with E-state index in [9.17, 15) is 4.39 Å². The SMILES string of the molecule is Cc1nnc([C@@H](C)c2ccc(F)cc2)c(NCCN2CCC2)n1. The van der Waals surface area contributed by atoms with Gasteiger partial charge in [-0.1, -0.05) is 19.1 Å². The van der Waals surface area contributed by atoms with E-state index in [1.54, 1.807) is 12.1 Å². The van der Waals surface area contributed by atoms with Gasteiger partial charge in [-0.15, -0.1) is 10.2 Å². The van der Waals surface area contributed by atoms with Gasteiger partial charge in [0.2, 0.25) is 0 Å². The Labute approximate surface area is 136 Å². The van der Waals surface area contributed by atoms with Crippen molar-refractivity contribution < 1.29 is 4.39 Å². The van der Waals surface area contributed by atoms with Gasteiger partial charge in [-0.25, -0.2) is 9.37 Å². The topological polar surface area (TPSA) is 53.9 Å². The molecule has 0 spiro atoms. The maximum Gasteiger partial charge on any atom is 0.152 e. The normalized spacial score (nSPS) is 16.0. The third-order valence-corrected chi connectivity index (χ3v) is 4.27.